The topological polar surface area (TPSA) is 35.2 Å². The summed E-state index contributed by atoms with van der Waals surface area (Å²) in [5.41, 5.74) is 7.90. The molecule has 0 aliphatic carbocycles. The SMILES string of the molecule is CCCc1ccc(Oc2ccc(F)cc2CC(C)N)cc1. The van der Waals surface area contributed by atoms with Crippen molar-refractivity contribution >= 4 is 0 Å². The Morgan fingerprint density at radius 2 is 1.86 bits per heavy atom. The Balaban J connectivity index is 2.18. The van der Waals surface area contributed by atoms with E-state index in [1.807, 2.05) is 19.1 Å². The lowest BCUT2D eigenvalue weighted by atomic mass is 10.1. The number of halogens is 1. The molecule has 0 bridgehead atoms. The lowest BCUT2D eigenvalue weighted by Gasteiger charge is -2.13. The summed E-state index contributed by atoms with van der Waals surface area (Å²) < 4.78 is 19.3. The van der Waals surface area contributed by atoms with Crippen molar-refractivity contribution in [2.24, 2.45) is 5.73 Å². The van der Waals surface area contributed by atoms with Crippen molar-refractivity contribution in [1.82, 2.24) is 0 Å². The molecular formula is C18H22FNO. The number of hydrogen-bond donors (Lipinski definition) is 1. The number of aryl methyl sites for hydroxylation is 1. The Kier molecular flexibility index (Phi) is 5.34. The van der Waals surface area contributed by atoms with E-state index >= 15 is 0 Å². The highest BCUT2D eigenvalue weighted by Crippen LogP contribution is 2.27. The van der Waals surface area contributed by atoms with Gasteiger partial charge in [0.1, 0.15) is 17.3 Å². The molecular weight excluding hydrogens is 265 g/mol. The van der Waals surface area contributed by atoms with Crippen LogP contribution in [0, 0.1) is 5.82 Å². The molecule has 2 rings (SSSR count). The van der Waals surface area contributed by atoms with Crippen molar-refractivity contribution in [3.8, 4) is 11.5 Å². The summed E-state index contributed by atoms with van der Waals surface area (Å²) in [7, 11) is 0. The quantitative estimate of drug-likeness (QED) is 0.851. The first-order chi connectivity index (χ1) is 10.1. The average molecular weight is 287 g/mol. The van der Waals surface area contributed by atoms with Gasteiger partial charge in [-0.15, -0.1) is 0 Å². The van der Waals surface area contributed by atoms with Gasteiger partial charge in [-0.3, -0.25) is 0 Å². The van der Waals surface area contributed by atoms with E-state index in [0.29, 0.717) is 12.2 Å². The largest absolute Gasteiger partial charge is 0.457 e. The maximum absolute atomic E-state index is 13.4. The molecule has 0 saturated carbocycles. The fourth-order valence-corrected chi connectivity index (χ4v) is 2.29. The van der Waals surface area contributed by atoms with Gasteiger partial charge in [0, 0.05) is 6.04 Å². The van der Waals surface area contributed by atoms with Gasteiger partial charge < -0.3 is 10.5 Å². The summed E-state index contributed by atoms with van der Waals surface area (Å²) in [4.78, 5) is 0. The molecule has 2 N–H and O–H groups in total. The van der Waals surface area contributed by atoms with Crippen LogP contribution in [0.2, 0.25) is 0 Å². The normalized spacial score (nSPS) is 12.2. The maximum atomic E-state index is 13.4. The van der Waals surface area contributed by atoms with E-state index in [9.17, 15) is 4.39 Å². The molecule has 0 heterocycles. The second-order valence-corrected chi connectivity index (χ2v) is 5.43. The van der Waals surface area contributed by atoms with Crippen molar-refractivity contribution in [3.05, 3.63) is 59.4 Å². The van der Waals surface area contributed by atoms with Gasteiger partial charge in [-0.2, -0.15) is 0 Å². The van der Waals surface area contributed by atoms with Gasteiger partial charge in [-0.1, -0.05) is 25.5 Å². The van der Waals surface area contributed by atoms with Crippen LogP contribution < -0.4 is 10.5 Å². The van der Waals surface area contributed by atoms with Crippen LogP contribution in [-0.2, 0) is 12.8 Å². The molecule has 2 nitrogen and oxygen atoms in total. The van der Waals surface area contributed by atoms with Crippen molar-refractivity contribution < 1.29 is 9.13 Å². The first kappa shape index (κ1) is 15.5. The van der Waals surface area contributed by atoms with Gasteiger partial charge in [0.25, 0.3) is 0 Å². The minimum atomic E-state index is -0.267. The van der Waals surface area contributed by atoms with Crippen LogP contribution in [0.15, 0.2) is 42.5 Å². The van der Waals surface area contributed by atoms with E-state index in [2.05, 4.69) is 19.1 Å². The molecule has 1 unspecified atom stereocenters. The Morgan fingerprint density at radius 1 is 1.14 bits per heavy atom. The van der Waals surface area contributed by atoms with Crippen molar-refractivity contribution in [1.29, 1.82) is 0 Å². The molecule has 0 aliphatic heterocycles. The Labute approximate surface area is 125 Å². The maximum Gasteiger partial charge on any atom is 0.130 e. The zero-order valence-corrected chi connectivity index (χ0v) is 12.6. The van der Waals surface area contributed by atoms with Crippen LogP contribution in [-0.4, -0.2) is 6.04 Å². The van der Waals surface area contributed by atoms with Gasteiger partial charge >= 0.3 is 0 Å². The highest BCUT2D eigenvalue weighted by Gasteiger charge is 2.09. The Hall–Kier alpha value is -1.87. The summed E-state index contributed by atoms with van der Waals surface area (Å²) in [5, 5.41) is 0. The lowest BCUT2D eigenvalue weighted by molar-refractivity contribution is 0.471. The van der Waals surface area contributed by atoms with Gasteiger partial charge in [-0.05, 0) is 61.2 Å². The van der Waals surface area contributed by atoms with Gasteiger partial charge in [0.05, 0.1) is 0 Å². The molecule has 0 aromatic heterocycles. The monoisotopic (exact) mass is 287 g/mol. The highest BCUT2D eigenvalue weighted by molar-refractivity contribution is 5.39. The second-order valence-electron chi connectivity index (χ2n) is 5.43. The predicted octanol–water partition coefficient (Wildman–Crippen LogP) is 4.46. The summed E-state index contributed by atoms with van der Waals surface area (Å²) in [5.74, 6) is 1.15. The van der Waals surface area contributed by atoms with Crippen LogP contribution >= 0.6 is 0 Å². The minimum absolute atomic E-state index is 0.0407. The van der Waals surface area contributed by atoms with Crippen LogP contribution in [0.25, 0.3) is 0 Å². The van der Waals surface area contributed by atoms with E-state index < -0.39 is 0 Å². The molecule has 0 aliphatic rings. The number of ether oxygens (including phenoxy) is 1. The fourth-order valence-electron chi connectivity index (χ4n) is 2.29. The Bertz CT molecular complexity index is 578. The van der Waals surface area contributed by atoms with Crippen molar-refractivity contribution in [2.45, 2.75) is 39.2 Å². The zero-order chi connectivity index (χ0) is 15.2. The minimum Gasteiger partial charge on any atom is -0.457 e. The molecule has 2 aromatic carbocycles. The smallest absolute Gasteiger partial charge is 0.130 e. The first-order valence-electron chi connectivity index (χ1n) is 7.39. The van der Waals surface area contributed by atoms with Crippen LogP contribution in [0.1, 0.15) is 31.4 Å². The molecule has 1 atom stereocenters. The van der Waals surface area contributed by atoms with E-state index in [0.717, 1.165) is 24.2 Å². The number of hydrogen-bond acceptors (Lipinski definition) is 2. The van der Waals surface area contributed by atoms with Gasteiger partial charge in [0.15, 0.2) is 0 Å². The second kappa shape index (κ2) is 7.23. The van der Waals surface area contributed by atoms with Crippen molar-refractivity contribution in [2.75, 3.05) is 0 Å². The zero-order valence-electron chi connectivity index (χ0n) is 12.6. The van der Waals surface area contributed by atoms with E-state index in [1.54, 1.807) is 6.07 Å². The summed E-state index contributed by atoms with van der Waals surface area (Å²) in [6.07, 6.45) is 2.77. The van der Waals surface area contributed by atoms with E-state index in [4.69, 9.17) is 10.5 Å². The van der Waals surface area contributed by atoms with E-state index in [-0.39, 0.29) is 11.9 Å². The highest BCUT2D eigenvalue weighted by atomic mass is 19.1. The standard InChI is InChI=1S/C18H22FNO/c1-3-4-14-5-8-17(9-6-14)21-18-10-7-16(19)12-15(18)11-13(2)20/h5-10,12-13H,3-4,11,20H2,1-2H3. The summed E-state index contributed by atoms with van der Waals surface area (Å²) >= 11 is 0. The average Bonchev–Trinajstić information content (AvgIpc) is 2.43. The number of benzene rings is 2. The van der Waals surface area contributed by atoms with Gasteiger partial charge in [-0.25, -0.2) is 4.39 Å². The molecule has 112 valence electrons. The molecule has 0 radical (unpaired) electrons. The molecule has 3 heteroatoms. The third-order valence-corrected chi connectivity index (χ3v) is 3.25. The summed E-state index contributed by atoms with van der Waals surface area (Å²) in [6.45, 7) is 4.05. The molecule has 21 heavy (non-hydrogen) atoms. The third-order valence-electron chi connectivity index (χ3n) is 3.25. The van der Waals surface area contributed by atoms with Gasteiger partial charge in [0.2, 0.25) is 0 Å². The lowest BCUT2D eigenvalue weighted by Crippen LogP contribution is -2.18. The fraction of sp³-hybridized carbons (Fsp3) is 0.333. The van der Waals surface area contributed by atoms with Crippen LogP contribution in [0.5, 0.6) is 11.5 Å². The molecule has 0 saturated heterocycles. The molecule has 0 fully saturated rings. The molecule has 0 amide bonds. The van der Waals surface area contributed by atoms with Crippen LogP contribution in [0.4, 0.5) is 4.39 Å². The van der Waals surface area contributed by atoms with Crippen LogP contribution in [0.3, 0.4) is 0 Å². The molecule has 2 aromatic rings. The first-order valence-corrected chi connectivity index (χ1v) is 7.39. The van der Waals surface area contributed by atoms with E-state index in [1.165, 1.54) is 17.7 Å². The predicted molar refractivity (Wildman–Crippen MR) is 84.3 cm³/mol. The number of nitrogens with two attached hydrogens (primary N) is 1. The molecule has 0 spiro atoms. The third kappa shape index (κ3) is 4.57. The Morgan fingerprint density at radius 3 is 2.48 bits per heavy atom. The number of rotatable bonds is 6. The van der Waals surface area contributed by atoms with Crippen molar-refractivity contribution in [3.63, 3.8) is 0 Å². The summed E-state index contributed by atoms with van der Waals surface area (Å²) in [6, 6.07) is 12.5.